The van der Waals surface area contributed by atoms with Crippen LogP contribution in [0.1, 0.15) is 19.4 Å². The lowest BCUT2D eigenvalue weighted by Gasteiger charge is -2.10. The van der Waals surface area contributed by atoms with E-state index in [0.29, 0.717) is 34.9 Å². The van der Waals surface area contributed by atoms with E-state index in [9.17, 15) is 0 Å². The van der Waals surface area contributed by atoms with Crippen molar-refractivity contribution < 1.29 is 9.47 Å². The van der Waals surface area contributed by atoms with Crippen LogP contribution in [-0.2, 0) is 11.2 Å². The van der Waals surface area contributed by atoms with Crippen molar-refractivity contribution in [1.29, 1.82) is 0 Å². The van der Waals surface area contributed by atoms with E-state index in [1.165, 1.54) is 0 Å². The van der Waals surface area contributed by atoms with E-state index < -0.39 is 0 Å². The number of halogens is 2. The fraction of sp³-hybridized carbons (Fsp3) is 0.600. The van der Waals surface area contributed by atoms with Crippen LogP contribution in [0.4, 0.5) is 0 Å². The molecule has 20 heavy (non-hydrogen) atoms. The summed E-state index contributed by atoms with van der Waals surface area (Å²) in [7, 11) is 1.57. The van der Waals surface area contributed by atoms with Crippen LogP contribution in [0.25, 0.3) is 0 Å². The second-order valence-corrected chi connectivity index (χ2v) is 5.85. The van der Waals surface area contributed by atoms with Crippen molar-refractivity contribution in [3.05, 3.63) is 27.7 Å². The van der Waals surface area contributed by atoms with E-state index in [0.717, 1.165) is 25.1 Å². The monoisotopic (exact) mass is 319 g/mol. The molecular formula is C15H23Cl2NO2. The number of nitrogens with one attached hydrogen (secondary N) is 1. The van der Waals surface area contributed by atoms with Crippen LogP contribution in [0.15, 0.2) is 12.1 Å². The lowest BCUT2D eigenvalue weighted by atomic mass is 10.1. The minimum atomic E-state index is 0.575. The van der Waals surface area contributed by atoms with Gasteiger partial charge in [0, 0.05) is 17.6 Å². The highest BCUT2D eigenvalue weighted by molar-refractivity contribution is 6.34. The Hall–Kier alpha value is -0.480. The Morgan fingerprint density at radius 1 is 1.15 bits per heavy atom. The zero-order valence-corrected chi connectivity index (χ0v) is 13.9. The minimum Gasteiger partial charge on any atom is -0.495 e. The highest BCUT2D eigenvalue weighted by Crippen LogP contribution is 2.31. The van der Waals surface area contributed by atoms with Crippen molar-refractivity contribution in [2.75, 3.05) is 33.4 Å². The quantitative estimate of drug-likeness (QED) is 0.702. The van der Waals surface area contributed by atoms with E-state index in [2.05, 4.69) is 19.2 Å². The largest absolute Gasteiger partial charge is 0.495 e. The van der Waals surface area contributed by atoms with Crippen LogP contribution in [-0.4, -0.2) is 33.4 Å². The highest BCUT2D eigenvalue weighted by atomic mass is 35.5. The third-order valence-corrected chi connectivity index (χ3v) is 3.46. The molecule has 0 saturated carbocycles. The number of hydrogen-bond acceptors (Lipinski definition) is 3. The van der Waals surface area contributed by atoms with Crippen LogP contribution < -0.4 is 10.1 Å². The third kappa shape index (κ3) is 6.31. The molecule has 0 amide bonds. The summed E-state index contributed by atoms with van der Waals surface area (Å²) in [6.45, 7) is 7.59. The van der Waals surface area contributed by atoms with E-state index in [1.54, 1.807) is 13.2 Å². The molecular weight excluding hydrogens is 297 g/mol. The Balaban J connectivity index is 2.27. The van der Waals surface area contributed by atoms with Gasteiger partial charge in [-0.2, -0.15) is 0 Å². The average molecular weight is 320 g/mol. The molecule has 0 saturated heterocycles. The molecule has 0 aliphatic rings. The fourth-order valence-electron chi connectivity index (χ4n) is 1.74. The summed E-state index contributed by atoms with van der Waals surface area (Å²) in [5, 5.41) is 4.56. The first-order chi connectivity index (χ1) is 9.54. The maximum absolute atomic E-state index is 6.17. The van der Waals surface area contributed by atoms with Gasteiger partial charge in [-0.05, 0) is 30.5 Å². The molecule has 0 aliphatic heterocycles. The number of benzene rings is 1. The summed E-state index contributed by atoms with van der Waals surface area (Å²) >= 11 is 12.2. The first-order valence-electron chi connectivity index (χ1n) is 6.85. The van der Waals surface area contributed by atoms with Crippen LogP contribution in [0.5, 0.6) is 5.75 Å². The van der Waals surface area contributed by atoms with Gasteiger partial charge in [0.15, 0.2) is 0 Å². The van der Waals surface area contributed by atoms with Gasteiger partial charge in [-0.3, -0.25) is 0 Å². The molecule has 0 heterocycles. The Kier molecular flexibility index (Phi) is 8.31. The van der Waals surface area contributed by atoms with Gasteiger partial charge in [-0.25, -0.2) is 0 Å². The summed E-state index contributed by atoms with van der Waals surface area (Å²) in [5.41, 5.74) is 0.979. The molecule has 1 aromatic carbocycles. The minimum absolute atomic E-state index is 0.575. The predicted octanol–water partition coefficient (Wildman–Crippen LogP) is 3.81. The standard InChI is InChI=1S/C15H23Cl2NO2/c1-11(2)10-18-5-7-20-6-4-12-8-14(17)15(19-3)9-13(12)16/h8-9,11,18H,4-7,10H2,1-3H3. The second-order valence-electron chi connectivity index (χ2n) is 5.04. The number of ether oxygens (including phenoxy) is 2. The topological polar surface area (TPSA) is 30.5 Å². The van der Waals surface area contributed by atoms with Gasteiger partial charge < -0.3 is 14.8 Å². The Morgan fingerprint density at radius 3 is 2.55 bits per heavy atom. The van der Waals surface area contributed by atoms with Gasteiger partial charge in [0.25, 0.3) is 0 Å². The molecule has 0 fully saturated rings. The second kappa shape index (κ2) is 9.46. The lowest BCUT2D eigenvalue weighted by molar-refractivity contribution is 0.138. The zero-order chi connectivity index (χ0) is 15.0. The maximum atomic E-state index is 6.17. The van der Waals surface area contributed by atoms with Crippen LogP contribution >= 0.6 is 23.2 Å². The molecule has 5 heteroatoms. The molecule has 1 rings (SSSR count). The smallest absolute Gasteiger partial charge is 0.138 e. The average Bonchev–Trinajstić information content (AvgIpc) is 2.40. The van der Waals surface area contributed by atoms with Crippen LogP contribution in [0.3, 0.4) is 0 Å². The van der Waals surface area contributed by atoms with Gasteiger partial charge in [0.1, 0.15) is 5.75 Å². The van der Waals surface area contributed by atoms with Gasteiger partial charge in [-0.1, -0.05) is 37.0 Å². The van der Waals surface area contributed by atoms with Gasteiger partial charge in [0.05, 0.1) is 25.3 Å². The normalized spacial score (nSPS) is 11.1. The van der Waals surface area contributed by atoms with Crippen molar-refractivity contribution in [3.8, 4) is 5.75 Å². The lowest BCUT2D eigenvalue weighted by Crippen LogP contribution is -2.24. The predicted molar refractivity (Wildman–Crippen MR) is 85.2 cm³/mol. The molecule has 0 bridgehead atoms. The molecule has 0 unspecified atom stereocenters. The molecule has 1 N–H and O–H groups in total. The number of methoxy groups -OCH3 is 1. The van der Waals surface area contributed by atoms with Crippen molar-refractivity contribution in [2.24, 2.45) is 5.92 Å². The van der Waals surface area contributed by atoms with E-state index in [-0.39, 0.29) is 0 Å². The fourth-order valence-corrected chi connectivity index (χ4v) is 2.25. The molecule has 0 aliphatic carbocycles. The molecule has 0 spiro atoms. The van der Waals surface area contributed by atoms with Crippen molar-refractivity contribution >= 4 is 23.2 Å². The molecule has 0 aromatic heterocycles. The summed E-state index contributed by atoms with van der Waals surface area (Å²) in [5.74, 6) is 1.26. The van der Waals surface area contributed by atoms with Gasteiger partial charge in [-0.15, -0.1) is 0 Å². The van der Waals surface area contributed by atoms with Crippen molar-refractivity contribution in [1.82, 2.24) is 5.32 Å². The third-order valence-electron chi connectivity index (χ3n) is 2.81. The maximum Gasteiger partial charge on any atom is 0.138 e. The Morgan fingerprint density at radius 2 is 1.90 bits per heavy atom. The van der Waals surface area contributed by atoms with Gasteiger partial charge in [0.2, 0.25) is 0 Å². The first kappa shape index (κ1) is 17.6. The summed E-state index contributed by atoms with van der Waals surface area (Å²) in [6, 6.07) is 3.58. The number of rotatable bonds is 9. The van der Waals surface area contributed by atoms with Gasteiger partial charge >= 0.3 is 0 Å². The van der Waals surface area contributed by atoms with E-state index in [4.69, 9.17) is 32.7 Å². The van der Waals surface area contributed by atoms with Crippen LogP contribution in [0.2, 0.25) is 10.0 Å². The van der Waals surface area contributed by atoms with Crippen molar-refractivity contribution in [3.63, 3.8) is 0 Å². The van der Waals surface area contributed by atoms with Crippen molar-refractivity contribution in [2.45, 2.75) is 20.3 Å². The molecule has 0 atom stereocenters. The first-order valence-corrected chi connectivity index (χ1v) is 7.60. The van der Waals surface area contributed by atoms with Crippen LogP contribution in [0, 0.1) is 5.92 Å². The zero-order valence-electron chi connectivity index (χ0n) is 12.3. The summed E-state index contributed by atoms with van der Waals surface area (Å²) < 4.78 is 10.7. The molecule has 3 nitrogen and oxygen atoms in total. The molecule has 114 valence electrons. The van der Waals surface area contributed by atoms with E-state index >= 15 is 0 Å². The number of hydrogen-bond donors (Lipinski definition) is 1. The Bertz CT molecular complexity index is 411. The molecule has 0 radical (unpaired) electrons. The Labute approximate surface area is 131 Å². The molecule has 1 aromatic rings. The summed E-state index contributed by atoms with van der Waals surface area (Å²) in [4.78, 5) is 0. The highest BCUT2D eigenvalue weighted by Gasteiger charge is 2.07. The van der Waals surface area contributed by atoms with E-state index in [1.807, 2.05) is 6.07 Å². The SMILES string of the molecule is COc1cc(Cl)c(CCOCCNCC(C)C)cc1Cl. The summed E-state index contributed by atoms with van der Waals surface area (Å²) in [6.07, 6.45) is 0.743.